The van der Waals surface area contributed by atoms with Crippen LogP contribution < -0.4 is 16.4 Å². The fourth-order valence-corrected chi connectivity index (χ4v) is 1.42. The molecule has 128 valence electrons. The number of nitrogens with one attached hydrogen (secondary N) is 2. The van der Waals surface area contributed by atoms with Crippen molar-refractivity contribution in [1.82, 2.24) is 10.6 Å². The van der Waals surface area contributed by atoms with E-state index in [2.05, 4.69) is 10.6 Å². The molecule has 0 heterocycles. The Balaban J connectivity index is 3.87. The normalized spacial score (nSPS) is 17.0. The summed E-state index contributed by atoms with van der Waals surface area (Å²) in [4.78, 5) is 21.5. The molecule has 4 atom stereocenters. The van der Waals surface area contributed by atoms with E-state index in [-0.39, 0.29) is 19.6 Å². The average molecular weight is 321 g/mol. The molecule has 2 amide bonds. The maximum absolute atomic E-state index is 11.1. The van der Waals surface area contributed by atoms with Crippen molar-refractivity contribution in [2.45, 2.75) is 24.4 Å². The van der Waals surface area contributed by atoms with Gasteiger partial charge in [0.2, 0.25) is 11.8 Å². The first-order chi connectivity index (χ1) is 10.3. The van der Waals surface area contributed by atoms with Crippen LogP contribution in [0.2, 0.25) is 0 Å². The van der Waals surface area contributed by atoms with E-state index < -0.39 is 42.8 Å². The second-order valence-corrected chi connectivity index (χ2v) is 4.53. The molecule has 0 radical (unpaired) electrons. The minimum absolute atomic E-state index is 0.108. The number of nitrogens with two attached hydrogens (primary N) is 1. The van der Waals surface area contributed by atoms with E-state index in [4.69, 9.17) is 15.9 Å². The van der Waals surface area contributed by atoms with Crippen LogP contribution in [0.3, 0.4) is 0 Å². The van der Waals surface area contributed by atoms with Gasteiger partial charge in [0, 0.05) is 31.8 Å². The van der Waals surface area contributed by atoms with Crippen LogP contribution in [0, 0.1) is 0 Å². The molecule has 0 aromatic heterocycles. The first-order valence-corrected chi connectivity index (χ1v) is 6.58. The molecule has 22 heavy (non-hydrogen) atoms. The lowest BCUT2D eigenvalue weighted by atomic mass is 10.0. The molecule has 0 bridgehead atoms. The summed E-state index contributed by atoms with van der Waals surface area (Å²) in [5.41, 5.74) is 4.81. The number of amides is 2. The molecule has 0 saturated heterocycles. The number of hydrogen-bond acceptors (Lipinski definition) is 8. The number of aliphatic hydroxyl groups is 5. The molecular formula is C12H23N3O7. The van der Waals surface area contributed by atoms with Crippen LogP contribution in [0.5, 0.6) is 0 Å². The quantitative estimate of drug-likeness (QED) is 0.137. The Hall–Kier alpha value is -1.56. The third-order valence-corrected chi connectivity index (χ3v) is 2.68. The van der Waals surface area contributed by atoms with E-state index in [1.807, 2.05) is 0 Å². The first-order valence-electron chi connectivity index (χ1n) is 6.58. The van der Waals surface area contributed by atoms with Gasteiger partial charge in [-0.3, -0.25) is 9.59 Å². The zero-order chi connectivity index (χ0) is 17.1. The number of aliphatic hydroxyl groups excluding tert-OH is 5. The van der Waals surface area contributed by atoms with Gasteiger partial charge in [-0.25, -0.2) is 0 Å². The smallest absolute Gasteiger partial charge is 0.244 e. The van der Waals surface area contributed by atoms with Crippen molar-refractivity contribution in [3.8, 4) is 0 Å². The summed E-state index contributed by atoms with van der Waals surface area (Å²) in [6.45, 7) is -0.419. The van der Waals surface area contributed by atoms with Crippen LogP contribution in [0.25, 0.3) is 0 Å². The van der Waals surface area contributed by atoms with Crippen molar-refractivity contribution in [3.63, 3.8) is 0 Å². The van der Waals surface area contributed by atoms with Gasteiger partial charge in [-0.05, 0) is 0 Å². The van der Waals surface area contributed by atoms with Crippen LogP contribution in [0.1, 0.15) is 0 Å². The summed E-state index contributed by atoms with van der Waals surface area (Å²) in [7, 11) is 0. The zero-order valence-electron chi connectivity index (χ0n) is 11.9. The summed E-state index contributed by atoms with van der Waals surface area (Å²) in [6, 6.07) is 0. The molecule has 0 unspecified atom stereocenters. The van der Waals surface area contributed by atoms with E-state index in [0.29, 0.717) is 0 Å². The predicted octanol–water partition coefficient (Wildman–Crippen LogP) is -4.83. The minimum Gasteiger partial charge on any atom is -0.394 e. The summed E-state index contributed by atoms with van der Waals surface area (Å²) >= 11 is 0. The molecule has 0 aromatic rings. The highest BCUT2D eigenvalue weighted by Crippen LogP contribution is 2.04. The SMILES string of the molecule is NC(=O)/C=C\C(=O)NCCNC[C@H](O)[C@@H](O)[C@H](O)[C@H](O)CO. The molecule has 0 aliphatic carbocycles. The second kappa shape index (κ2) is 11.1. The molecule has 0 aromatic carbocycles. The number of carbonyl (C=O) groups excluding carboxylic acids is 2. The first kappa shape index (κ1) is 20.4. The third kappa shape index (κ3) is 8.67. The molecule has 10 heteroatoms. The van der Waals surface area contributed by atoms with Gasteiger partial charge >= 0.3 is 0 Å². The minimum atomic E-state index is -1.68. The Morgan fingerprint density at radius 3 is 2.14 bits per heavy atom. The monoisotopic (exact) mass is 321 g/mol. The summed E-state index contributed by atoms with van der Waals surface area (Å²) in [6.07, 6.45) is -4.35. The van der Waals surface area contributed by atoms with Crippen LogP contribution in [0.4, 0.5) is 0 Å². The zero-order valence-corrected chi connectivity index (χ0v) is 11.9. The molecule has 0 fully saturated rings. The topological polar surface area (TPSA) is 185 Å². The van der Waals surface area contributed by atoms with Gasteiger partial charge in [-0.1, -0.05) is 0 Å². The van der Waals surface area contributed by atoms with Crippen LogP contribution in [0.15, 0.2) is 12.2 Å². The lowest BCUT2D eigenvalue weighted by Crippen LogP contribution is -2.49. The fourth-order valence-electron chi connectivity index (χ4n) is 1.42. The Kier molecular flexibility index (Phi) is 10.3. The van der Waals surface area contributed by atoms with E-state index in [9.17, 15) is 24.9 Å². The second-order valence-electron chi connectivity index (χ2n) is 4.53. The van der Waals surface area contributed by atoms with Crippen molar-refractivity contribution in [3.05, 3.63) is 12.2 Å². The van der Waals surface area contributed by atoms with Gasteiger partial charge in [-0.2, -0.15) is 0 Å². The van der Waals surface area contributed by atoms with Crippen molar-refractivity contribution in [1.29, 1.82) is 0 Å². The number of carbonyl (C=O) groups is 2. The Labute approximate surface area is 127 Å². The average Bonchev–Trinajstić information content (AvgIpc) is 2.49. The molecule has 0 aliphatic heterocycles. The van der Waals surface area contributed by atoms with Crippen molar-refractivity contribution in [2.24, 2.45) is 5.73 Å². The van der Waals surface area contributed by atoms with E-state index in [1.165, 1.54) is 0 Å². The van der Waals surface area contributed by atoms with E-state index in [0.717, 1.165) is 12.2 Å². The molecule has 0 spiro atoms. The summed E-state index contributed by atoms with van der Waals surface area (Å²) in [5, 5.41) is 51.4. The van der Waals surface area contributed by atoms with Crippen molar-refractivity contribution in [2.75, 3.05) is 26.2 Å². The number of rotatable bonds is 11. The fraction of sp³-hybridized carbons (Fsp3) is 0.667. The predicted molar refractivity (Wildman–Crippen MR) is 75.3 cm³/mol. The largest absolute Gasteiger partial charge is 0.394 e. The van der Waals surface area contributed by atoms with E-state index in [1.54, 1.807) is 0 Å². The van der Waals surface area contributed by atoms with Gasteiger partial charge in [0.25, 0.3) is 0 Å². The van der Waals surface area contributed by atoms with Gasteiger partial charge in [0.1, 0.15) is 18.3 Å². The van der Waals surface area contributed by atoms with Crippen LogP contribution in [-0.4, -0.2) is 88.0 Å². The molecular weight excluding hydrogens is 298 g/mol. The Morgan fingerprint density at radius 2 is 1.59 bits per heavy atom. The van der Waals surface area contributed by atoms with Gasteiger partial charge < -0.3 is 41.9 Å². The molecule has 0 saturated carbocycles. The molecule has 0 rings (SSSR count). The van der Waals surface area contributed by atoms with Crippen molar-refractivity contribution >= 4 is 11.8 Å². The number of hydrogen-bond donors (Lipinski definition) is 8. The summed E-state index contributed by atoms with van der Waals surface area (Å²) < 4.78 is 0. The lowest BCUT2D eigenvalue weighted by molar-refractivity contribution is -0.117. The van der Waals surface area contributed by atoms with E-state index >= 15 is 0 Å². The van der Waals surface area contributed by atoms with Gasteiger partial charge in [-0.15, -0.1) is 0 Å². The highest BCUT2D eigenvalue weighted by molar-refractivity contribution is 5.95. The Morgan fingerprint density at radius 1 is 1.00 bits per heavy atom. The summed E-state index contributed by atoms with van der Waals surface area (Å²) in [5.74, 6) is -1.25. The highest BCUT2D eigenvalue weighted by Gasteiger charge is 2.29. The van der Waals surface area contributed by atoms with Crippen molar-refractivity contribution < 1.29 is 35.1 Å². The number of primary amides is 1. The highest BCUT2D eigenvalue weighted by atomic mass is 16.4. The Bertz CT molecular complexity index is 378. The van der Waals surface area contributed by atoms with Crippen LogP contribution >= 0.6 is 0 Å². The maximum Gasteiger partial charge on any atom is 0.244 e. The third-order valence-electron chi connectivity index (χ3n) is 2.68. The van der Waals surface area contributed by atoms with Crippen LogP contribution in [-0.2, 0) is 9.59 Å². The standard InChI is InChI=1S/C12H23N3O7/c13-9(19)1-2-10(20)15-4-3-14-5-7(17)11(21)12(22)8(18)6-16/h1-2,7-8,11-12,14,16-18,21-22H,3-6H2,(H2,13,19)(H,15,20)/b2-1-/t7-,8+,11+,12+/m0/s1. The van der Waals surface area contributed by atoms with Gasteiger partial charge in [0.15, 0.2) is 0 Å². The maximum atomic E-state index is 11.1. The lowest BCUT2D eigenvalue weighted by Gasteiger charge is -2.25. The molecule has 0 aliphatic rings. The van der Waals surface area contributed by atoms with Gasteiger partial charge in [0.05, 0.1) is 12.7 Å². The molecule has 9 N–H and O–H groups in total. The molecule has 10 nitrogen and oxygen atoms in total.